The molecule has 1 saturated heterocycles. The fourth-order valence-electron chi connectivity index (χ4n) is 3.88. The molecule has 0 spiro atoms. The number of nitrogens with one attached hydrogen (secondary N) is 1. The third-order valence-corrected chi connectivity index (χ3v) is 5.43. The van der Waals surface area contributed by atoms with Crippen LogP contribution in [0.3, 0.4) is 0 Å². The minimum absolute atomic E-state index is 0.0823. The van der Waals surface area contributed by atoms with Gasteiger partial charge in [0.25, 0.3) is 0 Å². The van der Waals surface area contributed by atoms with E-state index in [1.165, 1.54) is 0 Å². The Morgan fingerprint density at radius 1 is 1.27 bits per heavy atom. The molecule has 1 amide bonds. The number of carbonyl (C=O) groups is 1. The maximum Gasteiger partial charge on any atom is 0.226 e. The Morgan fingerprint density at radius 2 is 2.10 bits per heavy atom. The maximum absolute atomic E-state index is 13.1. The summed E-state index contributed by atoms with van der Waals surface area (Å²) in [6, 6.07) is 16.2. The molecule has 3 aromatic rings. The number of benzene rings is 2. The van der Waals surface area contributed by atoms with Crippen molar-refractivity contribution in [2.75, 3.05) is 13.7 Å². The number of amides is 1. The highest BCUT2D eigenvalue weighted by Gasteiger charge is 2.38. The van der Waals surface area contributed by atoms with Gasteiger partial charge >= 0.3 is 0 Å². The number of carbonyl (C=O) groups excluding carboxylic acids is 1. The summed E-state index contributed by atoms with van der Waals surface area (Å²) in [5.74, 6) is 0.450. The second-order valence-electron chi connectivity index (χ2n) is 7.35. The highest BCUT2D eigenvalue weighted by Crippen LogP contribution is 2.37. The van der Waals surface area contributed by atoms with E-state index in [1.54, 1.807) is 36.2 Å². The van der Waals surface area contributed by atoms with Crippen molar-refractivity contribution in [1.29, 1.82) is 0 Å². The van der Waals surface area contributed by atoms with Gasteiger partial charge in [0, 0.05) is 12.8 Å². The molecule has 0 bridgehead atoms. The summed E-state index contributed by atoms with van der Waals surface area (Å²) in [5.41, 5.74) is 2.45. The van der Waals surface area contributed by atoms with E-state index in [0.29, 0.717) is 18.8 Å². The van der Waals surface area contributed by atoms with Crippen molar-refractivity contribution in [2.45, 2.75) is 25.5 Å². The Bertz CT molecular complexity index is 1030. The number of aromatic hydroxyl groups is 1. The molecular formula is C23H25N3O4. The molecule has 7 nitrogen and oxygen atoms in total. The van der Waals surface area contributed by atoms with Crippen LogP contribution in [0, 0.1) is 5.92 Å². The molecular weight excluding hydrogens is 382 g/mol. The molecule has 1 aliphatic heterocycles. The first-order valence-electron chi connectivity index (χ1n) is 9.96. The maximum atomic E-state index is 13.1. The van der Waals surface area contributed by atoms with Gasteiger partial charge < -0.3 is 19.9 Å². The first-order chi connectivity index (χ1) is 14.6. The van der Waals surface area contributed by atoms with Crippen molar-refractivity contribution >= 4 is 5.91 Å². The van der Waals surface area contributed by atoms with Crippen LogP contribution in [0.5, 0.6) is 11.5 Å². The third kappa shape index (κ3) is 3.89. The SMILES string of the molecule is COc1ccccc1-n1nccc1[C@H]1OCC[C@@H]1C(=O)N[C@@H](C)c1cccc(O)c1. The standard InChI is InChI=1S/C23H25N3O4/c1-15(16-6-5-7-17(27)14-16)25-23(28)18-11-13-30-22(18)20-10-12-24-26(20)19-8-3-4-9-21(19)29-2/h3-10,12,14-15,18,22,27H,11,13H2,1-2H3,(H,25,28)/t15-,18-,22-/m0/s1. The first-order valence-corrected chi connectivity index (χ1v) is 9.96. The van der Waals surface area contributed by atoms with Crippen molar-refractivity contribution < 1.29 is 19.4 Å². The van der Waals surface area contributed by atoms with E-state index >= 15 is 0 Å². The Balaban J connectivity index is 1.56. The van der Waals surface area contributed by atoms with E-state index in [2.05, 4.69) is 10.4 Å². The van der Waals surface area contributed by atoms with E-state index < -0.39 is 6.10 Å². The zero-order valence-electron chi connectivity index (χ0n) is 17.0. The minimum Gasteiger partial charge on any atom is -0.508 e. The lowest BCUT2D eigenvalue weighted by molar-refractivity contribution is -0.127. The number of methoxy groups -OCH3 is 1. The van der Waals surface area contributed by atoms with Crippen LogP contribution in [0.2, 0.25) is 0 Å². The number of phenolic OH excluding ortho intramolecular Hbond substituents is 1. The van der Waals surface area contributed by atoms with E-state index in [0.717, 1.165) is 16.9 Å². The molecule has 2 aromatic carbocycles. The number of nitrogens with zero attached hydrogens (tertiary/aromatic N) is 2. The molecule has 1 aliphatic rings. The van der Waals surface area contributed by atoms with Gasteiger partial charge in [-0.05, 0) is 49.2 Å². The molecule has 30 heavy (non-hydrogen) atoms. The molecule has 3 atom stereocenters. The van der Waals surface area contributed by atoms with Crippen LogP contribution in [0.4, 0.5) is 0 Å². The zero-order chi connectivity index (χ0) is 21.1. The largest absolute Gasteiger partial charge is 0.508 e. The van der Waals surface area contributed by atoms with Crippen LogP contribution in [-0.4, -0.2) is 34.5 Å². The Labute approximate surface area is 175 Å². The number of para-hydroxylation sites is 2. The van der Waals surface area contributed by atoms with Crippen LogP contribution < -0.4 is 10.1 Å². The zero-order valence-corrected chi connectivity index (χ0v) is 17.0. The van der Waals surface area contributed by atoms with Gasteiger partial charge in [-0.1, -0.05) is 24.3 Å². The number of ether oxygens (including phenoxy) is 2. The van der Waals surface area contributed by atoms with Crippen molar-refractivity contribution in [3.05, 3.63) is 72.1 Å². The van der Waals surface area contributed by atoms with Crippen molar-refractivity contribution in [3.63, 3.8) is 0 Å². The predicted molar refractivity (Wildman–Crippen MR) is 112 cm³/mol. The molecule has 4 rings (SSSR count). The fraction of sp³-hybridized carbons (Fsp3) is 0.304. The van der Waals surface area contributed by atoms with Gasteiger partial charge in [0.2, 0.25) is 5.91 Å². The molecule has 0 unspecified atom stereocenters. The molecule has 156 valence electrons. The first kappa shape index (κ1) is 20.0. The summed E-state index contributed by atoms with van der Waals surface area (Å²) in [6.07, 6.45) is 1.92. The topological polar surface area (TPSA) is 85.6 Å². The second kappa shape index (κ2) is 8.59. The molecule has 0 saturated carbocycles. The monoisotopic (exact) mass is 407 g/mol. The molecule has 1 aromatic heterocycles. The van der Waals surface area contributed by atoms with Crippen molar-refractivity contribution in [3.8, 4) is 17.2 Å². The molecule has 2 N–H and O–H groups in total. The fourth-order valence-corrected chi connectivity index (χ4v) is 3.88. The number of rotatable bonds is 6. The van der Waals surface area contributed by atoms with Crippen LogP contribution in [0.15, 0.2) is 60.8 Å². The van der Waals surface area contributed by atoms with E-state index in [4.69, 9.17) is 9.47 Å². The van der Waals surface area contributed by atoms with Crippen molar-refractivity contribution in [2.24, 2.45) is 5.92 Å². The molecule has 2 heterocycles. The van der Waals surface area contributed by atoms with Crippen LogP contribution >= 0.6 is 0 Å². The van der Waals surface area contributed by atoms with Crippen LogP contribution in [0.25, 0.3) is 5.69 Å². The van der Waals surface area contributed by atoms with E-state index in [1.807, 2.05) is 43.3 Å². The van der Waals surface area contributed by atoms with Gasteiger partial charge in [-0.2, -0.15) is 5.10 Å². The van der Waals surface area contributed by atoms with Crippen LogP contribution in [0.1, 0.15) is 36.7 Å². The summed E-state index contributed by atoms with van der Waals surface area (Å²) in [5, 5.41) is 17.2. The Morgan fingerprint density at radius 3 is 2.90 bits per heavy atom. The Hall–Kier alpha value is -3.32. The summed E-state index contributed by atoms with van der Waals surface area (Å²) in [6.45, 7) is 2.40. The van der Waals surface area contributed by atoms with E-state index in [9.17, 15) is 9.90 Å². The highest BCUT2D eigenvalue weighted by atomic mass is 16.5. The van der Waals surface area contributed by atoms with Crippen LogP contribution in [-0.2, 0) is 9.53 Å². The van der Waals surface area contributed by atoms with Gasteiger partial charge in [-0.15, -0.1) is 0 Å². The van der Waals surface area contributed by atoms with E-state index in [-0.39, 0.29) is 23.6 Å². The van der Waals surface area contributed by atoms with Gasteiger partial charge in [0.15, 0.2) is 0 Å². The number of phenols is 1. The lowest BCUT2D eigenvalue weighted by Gasteiger charge is -2.22. The molecule has 0 aliphatic carbocycles. The summed E-state index contributed by atoms with van der Waals surface area (Å²) >= 11 is 0. The molecule has 1 fully saturated rings. The summed E-state index contributed by atoms with van der Waals surface area (Å²) in [4.78, 5) is 13.1. The number of aromatic nitrogens is 2. The summed E-state index contributed by atoms with van der Waals surface area (Å²) < 4.78 is 13.2. The summed E-state index contributed by atoms with van der Waals surface area (Å²) in [7, 11) is 1.62. The third-order valence-electron chi connectivity index (χ3n) is 5.43. The van der Waals surface area contributed by atoms with Gasteiger partial charge in [-0.3, -0.25) is 4.79 Å². The molecule has 0 radical (unpaired) electrons. The lowest BCUT2D eigenvalue weighted by Crippen LogP contribution is -2.34. The smallest absolute Gasteiger partial charge is 0.226 e. The van der Waals surface area contributed by atoms with Gasteiger partial charge in [-0.25, -0.2) is 4.68 Å². The lowest BCUT2D eigenvalue weighted by atomic mass is 9.96. The average molecular weight is 407 g/mol. The second-order valence-corrected chi connectivity index (χ2v) is 7.35. The minimum atomic E-state index is -0.409. The quantitative estimate of drug-likeness (QED) is 0.653. The highest BCUT2D eigenvalue weighted by molar-refractivity contribution is 5.80. The molecule has 7 heteroatoms. The van der Waals surface area contributed by atoms with Gasteiger partial charge in [0.1, 0.15) is 23.3 Å². The number of hydrogen-bond acceptors (Lipinski definition) is 5. The average Bonchev–Trinajstić information content (AvgIpc) is 3.42. The Kier molecular flexibility index (Phi) is 5.72. The van der Waals surface area contributed by atoms with Crippen molar-refractivity contribution in [1.82, 2.24) is 15.1 Å². The number of hydrogen-bond donors (Lipinski definition) is 2. The van der Waals surface area contributed by atoms with Gasteiger partial charge in [0.05, 0.1) is 24.8 Å². The normalized spacial score (nSPS) is 19.4. The predicted octanol–water partition coefficient (Wildman–Crippen LogP) is 3.54.